The Morgan fingerprint density at radius 1 is 1.32 bits per heavy atom. The van der Waals surface area contributed by atoms with Crippen LogP contribution in [0.2, 0.25) is 0 Å². The fourth-order valence-corrected chi connectivity index (χ4v) is 2.78. The van der Waals surface area contributed by atoms with Crippen LogP contribution < -0.4 is 0 Å². The molecule has 0 spiro atoms. The van der Waals surface area contributed by atoms with E-state index in [1.54, 1.807) is 6.07 Å². The van der Waals surface area contributed by atoms with E-state index in [1.165, 1.54) is 17.0 Å². The number of carboxylic acid groups (broad SMARTS) is 1. The predicted octanol–water partition coefficient (Wildman–Crippen LogP) is 1.44. The summed E-state index contributed by atoms with van der Waals surface area (Å²) in [5.74, 6) is -1.57. The van der Waals surface area contributed by atoms with E-state index < -0.39 is 12.1 Å². The fourth-order valence-electron chi connectivity index (χ4n) is 2.78. The first-order valence-corrected chi connectivity index (χ1v) is 7.38. The average molecular weight is 309 g/mol. The number of aliphatic hydroxyl groups is 1. The minimum atomic E-state index is -1.00. The SMILES string of the molecule is O=C(O)CCC(=O)N1CC[C@H](Cc2cccc(F)c2)[C@@H](O)C1. The van der Waals surface area contributed by atoms with Gasteiger partial charge < -0.3 is 15.1 Å². The van der Waals surface area contributed by atoms with Gasteiger partial charge in [0, 0.05) is 19.5 Å². The van der Waals surface area contributed by atoms with Gasteiger partial charge in [-0.15, -0.1) is 0 Å². The summed E-state index contributed by atoms with van der Waals surface area (Å²) in [6.45, 7) is 0.702. The second kappa shape index (κ2) is 7.35. The topological polar surface area (TPSA) is 77.8 Å². The molecule has 0 bridgehead atoms. The molecule has 6 heteroatoms. The van der Waals surface area contributed by atoms with Crippen molar-refractivity contribution >= 4 is 11.9 Å². The van der Waals surface area contributed by atoms with Crippen LogP contribution >= 0.6 is 0 Å². The van der Waals surface area contributed by atoms with E-state index in [4.69, 9.17) is 5.11 Å². The fraction of sp³-hybridized carbons (Fsp3) is 0.500. The quantitative estimate of drug-likeness (QED) is 0.863. The lowest BCUT2D eigenvalue weighted by Gasteiger charge is -2.36. The molecule has 1 heterocycles. The highest BCUT2D eigenvalue weighted by Gasteiger charge is 2.30. The van der Waals surface area contributed by atoms with Crippen molar-refractivity contribution < 1.29 is 24.2 Å². The Bertz CT molecular complexity index is 549. The molecule has 1 aromatic rings. The van der Waals surface area contributed by atoms with E-state index in [0.29, 0.717) is 19.4 Å². The van der Waals surface area contributed by atoms with Crippen LogP contribution in [0.4, 0.5) is 4.39 Å². The Kier molecular flexibility index (Phi) is 5.49. The molecule has 1 saturated heterocycles. The van der Waals surface area contributed by atoms with Crippen LogP contribution in [0, 0.1) is 11.7 Å². The van der Waals surface area contributed by atoms with Crippen molar-refractivity contribution in [1.82, 2.24) is 4.90 Å². The lowest BCUT2D eigenvalue weighted by molar-refractivity contribution is -0.142. The van der Waals surface area contributed by atoms with E-state index in [-0.39, 0.29) is 37.0 Å². The highest BCUT2D eigenvalue weighted by molar-refractivity contribution is 5.80. The summed E-state index contributed by atoms with van der Waals surface area (Å²) in [4.78, 5) is 23.9. The summed E-state index contributed by atoms with van der Waals surface area (Å²) in [6.07, 6.45) is 0.271. The molecule has 0 aliphatic carbocycles. The number of rotatable bonds is 5. The first-order valence-electron chi connectivity index (χ1n) is 7.38. The molecule has 2 rings (SSSR count). The summed E-state index contributed by atoms with van der Waals surface area (Å²) in [5, 5.41) is 18.8. The minimum Gasteiger partial charge on any atom is -0.481 e. The number of hydrogen-bond acceptors (Lipinski definition) is 3. The predicted molar refractivity (Wildman–Crippen MR) is 77.7 cm³/mol. The second-order valence-corrected chi connectivity index (χ2v) is 5.68. The molecule has 0 saturated carbocycles. The average Bonchev–Trinajstić information content (AvgIpc) is 2.47. The van der Waals surface area contributed by atoms with Gasteiger partial charge in [0.15, 0.2) is 0 Å². The minimum absolute atomic E-state index is 0.0228. The molecular formula is C16H20FNO4. The smallest absolute Gasteiger partial charge is 0.303 e. The molecule has 0 aromatic heterocycles. The van der Waals surface area contributed by atoms with Crippen molar-refractivity contribution in [2.45, 2.75) is 31.8 Å². The van der Waals surface area contributed by atoms with Crippen LogP contribution in [-0.2, 0) is 16.0 Å². The summed E-state index contributed by atoms with van der Waals surface area (Å²) in [6, 6.07) is 6.29. The maximum absolute atomic E-state index is 13.2. The molecule has 1 aromatic carbocycles. The molecule has 0 radical (unpaired) electrons. The molecule has 1 fully saturated rings. The first kappa shape index (κ1) is 16.4. The molecule has 5 nitrogen and oxygen atoms in total. The van der Waals surface area contributed by atoms with Crippen molar-refractivity contribution in [3.05, 3.63) is 35.6 Å². The maximum Gasteiger partial charge on any atom is 0.303 e. The number of aliphatic carboxylic acids is 1. The van der Waals surface area contributed by atoms with Crippen LogP contribution in [0.25, 0.3) is 0 Å². The molecule has 22 heavy (non-hydrogen) atoms. The number of piperidine rings is 1. The Morgan fingerprint density at radius 3 is 2.73 bits per heavy atom. The third kappa shape index (κ3) is 4.53. The number of carbonyl (C=O) groups excluding carboxylic acids is 1. The normalized spacial score (nSPS) is 21.6. The van der Waals surface area contributed by atoms with E-state index in [2.05, 4.69) is 0 Å². The molecule has 2 atom stereocenters. The number of amides is 1. The summed E-state index contributed by atoms with van der Waals surface area (Å²) < 4.78 is 13.2. The van der Waals surface area contributed by atoms with Gasteiger partial charge in [-0.25, -0.2) is 4.39 Å². The lowest BCUT2D eigenvalue weighted by Crippen LogP contribution is -2.47. The Balaban J connectivity index is 1.87. The highest BCUT2D eigenvalue weighted by Crippen LogP contribution is 2.23. The van der Waals surface area contributed by atoms with Crippen LogP contribution in [0.1, 0.15) is 24.8 Å². The number of benzene rings is 1. The van der Waals surface area contributed by atoms with Crippen LogP contribution in [0.15, 0.2) is 24.3 Å². The van der Waals surface area contributed by atoms with Gasteiger partial charge in [0.05, 0.1) is 12.5 Å². The molecular weight excluding hydrogens is 289 g/mol. The Hall–Kier alpha value is -1.95. The number of hydrogen-bond donors (Lipinski definition) is 2. The van der Waals surface area contributed by atoms with Gasteiger partial charge in [0.2, 0.25) is 5.91 Å². The summed E-state index contributed by atoms with van der Waals surface area (Å²) in [5.41, 5.74) is 0.828. The van der Waals surface area contributed by atoms with Gasteiger partial charge >= 0.3 is 5.97 Å². The Labute approximate surface area is 128 Å². The number of aliphatic hydroxyl groups excluding tert-OH is 1. The number of β-amino-alcohol motifs (C(OH)–C–C–N with tert-alkyl or cyclic N) is 1. The van der Waals surface area contributed by atoms with Gasteiger partial charge in [-0.2, -0.15) is 0 Å². The zero-order chi connectivity index (χ0) is 16.1. The van der Waals surface area contributed by atoms with Crippen molar-refractivity contribution in [3.8, 4) is 0 Å². The highest BCUT2D eigenvalue weighted by atomic mass is 19.1. The third-order valence-corrected chi connectivity index (χ3v) is 4.01. The number of carbonyl (C=O) groups is 2. The first-order chi connectivity index (χ1) is 10.5. The van der Waals surface area contributed by atoms with Crippen molar-refractivity contribution in [2.75, 3.05) is 13.1 Å². The van der Waals surface area contributed by atoms with Crippen LogP contribution in [-0.4, -0.2) is 46.2 Å². The zero-order valence-corrected chi connectivity index (χ0v) is 12.2. The number of nitrogens with zero attached hydrogens (tertiary/aromatic N) is 1. The summed E-state index contributed by atoms with van der Waals surface area (Å²) >= 11 is 0. The van der Waals surface area contributed by atoms with E-state index in [9.17, 15) is 19.1 Å². The standard InChI is InChI=1S/C16H20FNO4/c17-13-3-1-2-11(9-13)8-12-6-7-18(10-14(12)19)15(20)4-5-16(21)22/h1-3,9,12,14,19H,4-8,10H2,(H,21,22)/t12-,14+/m1/s1. The molecule has 1 aliphatic heterocycles. The van der Waals surface area contributed by atoms with Gasteiger partial charge in [0.25, 0.3) is 0 Å². The number of halogens is 1. The molecule has 0 unspecified atom stereocenters. The van der Waals surface area contributed by atoms with Gasteiger partial charge in [-0.1, -0.05) is 12.1 Å². The number of likely N-dealkylation sites (tertiary alicyclic amines) is 1. The van der Waals surface area contributed by atoms with E-state index in [1.807, 2.05) is 6.07 Å². The maximum atomic E-state index is 13.2. The van der Waals surface area contributed by atoms with Gasteiger partial charge in [0.1, 0.15) is 5.82 Å². The zero-order valence-electron chi connectivity index (χ0n) is 12.2. The van der Waals surface area contributed by atoms with Crippen LogP contribution in [0.3, 0.4) is 0 Å². The molecule has 2 N–H and O–H groups in total. The monoisotopic (exact) mass is 309 g/mol. The Morgan fingerprint density at radius 2 is 2.09 bits per heavy atom. The largest absolute Gasteiger partial charge is 0.481 e. The third-order valence-electron chi connectivity index (χ3n) is 4.01. The van der Waals surface area contributed by atoms with Gasteiger partial charge in [-0.05, 0) is 36.5 Å². The van der Waals surface area contributed by atoms with E-state index in [0.717, 1.165) is 5.56 Å². The van der Waals surface area contributed by atoms with Crippen molar-refractivity contribution in [1.29, 1.82) is 0 Å². The van der Waals surface area contributed by atoms with Crippen LogP contribution in [0.5, 0.6) is 0 Å². The molecule has 1 aliphatic rings. The molecule has 120 valence electrons. The second-order valence-electron chi connectivity index (χ2n) is 5.68. The van der Waals surface area contributed by atoms with E-state index >= 15 is 0 Å². The molecule has 1 amide bonds. The van der Waals surface area contributed by atoms with Crippen molar-refractivity contribution in [3.63, 3.8) is 0 Å². The lowest BCUT2D eigenvalue weighted by atomic mass is 9.87. The summed E-state index contributed by atoms with van der Waals surface area (Å²) in [7, 11) is 0. The van der Waals surface area contributed by atoms with Gasteiger partial charge in [-0.3, -0.25) is 9.59 Å². The number of carboxylic acids is 1. The van der Waals surface area contributed by atoms with Crippen molar-refractivity contribution in [2.24, 2.45) is 5.92 Å².